The Kier molecular flexibility index (Phi) is 5.69. The molecule has 0 amide bonds. The number of methoxy groups -OCH3 is 1. The van der Waals surface area contributed by atoms with E-state index in [1.807, 2.05) is 0 Å². The summed E-state index contributed by atoms with van der Waals surface area (Å²) >= 11 is 0. The van der Waals surface area contributed by atoms with Gasteiger partial charge in [0.1, 0.15) is 5.75 Å². The van der Waals surface area contributed by atoms with Crippen LogP contribution in [0.25, 0.3) is 0 Å². The van der Waals surface area contributed by atoms with Gasteiger partial charge in [-0.3, -0.25) is 0 Å². The van der Waals surface area contributed by atoms with Gasteiger partial charge in [-0.15, -0.1) is 0 Å². The van der Waals surface area contributed by atoms with Crippen molar-refractivity contribution >= 4 is 0 Å². The van der Waals surface area contributed by atoms with Gasteiger partial charge < -0.3 is 10.1 Å². The molecule has 118 valence electrons. The van der Waals surface area contributed by atoms with Crippen LogP contribution < -0.4 is 10.1 Å². The molecule has 0 radical (unpaired) electrons. The maximum atomic E-state index is 5.63. The molecule has 2 rings (SSSR count). The summed E-state index contributed by atoms with van der Waals surface area (Å²) in [7, 11) is 1.78. The number of hydrogen-bond donors (Lipinski definition) is 1. The van der Waals surface area contributed by atoms with Gasteiger partial charge in [0.25, 0.3) is 0 Å². The normalized spacial score (nSPS) is 27.4. The number of benzene rings is 1. The Morgan fingerprint density at radius 1 is 1.19 bits per heavy atom. The number of rotatable bonds is 5. The zero-order valence-corrected chi connectivity index (χ0v) is 14.3. The number of nitrogens with one attached hydrogen (secondary N) is 1. The molecule has 1 fully saturated rings. The van der Waals surface area contributed by atoms with Crippen molar-refractivity contribution in [3.8, 4) is 5.75 Å². The SMILES string of the molecule is CCNC(c1cc(C)ccc1OC)C1CC(C)CC(C)C1. The van der Waals surface area contributed by atoms with E-state index in [9.17, 15) is 0 Å². The Morgan fingerprint density at radius 3 is 2.43 bits per heavy atom. The summed E-state index contributed by atoms with van der Waals surface area (Å²) in [6.45, 7) is 10.2. The van der Waals surface area contributed by atoms with Crippen molar-refractivity contribution < 1.29 is 4.74 Å². The zero-order valence-electron chi connectivity index (χ0n) is 14.3. The van der Waals surface area contributed by atoms with Crippen molar-refractivity contribution in [2.24, 2.45) is 17.8 Å². The number of aryl methyl sites for hydroxylation is 1. The standard InChI is InChI=1S/C19H31NO/c1-6-20-19(16-10-14(3)9-15(4)11-16)17-12-13(2)7-8-18(17)21-5/h7-8,12,14-16,19-20H,6,9-11H2,1-5H3. The largest absolute Gasteiger partial charge is 0.496 e. The van der Waals surface area contributed by atoms with Crippen LogP contribution in [0.5, 0.6) is 5.75 Å². The van der Waals surface area contributed by atoms with E-state index in [1.165, 1.54) is 30.4 Å². The molecule has 21 heavy (non-hydrogen) atoms. The Morgan fingerprint density at radius 2 is 1.86 bits per heavy atom. The monoisotopic (exact) mass is 289 g/mol. The van der Waals surface area contributed by atoms with Crippen LogP contribution in [-0.2, 0) is 0 Å². The highest BCUT2D eigenvalue weighted by molar-refractivity contribution is 5.39. The van der Waals surface area contributed by atoms with E-state index in [0.717, 1.165) is 24.1 Å². The fourth-order valence-electron chi connectivity index (χ4n) is 4.13. The highest BCUT2D eigenvalue weighted by atomic mass is 16.5. The average molecular weight is 289 g/mol. The lowest BCUT2D eigenvalue weighted by Crippen LogP contribution is -2.33. The predicted octanol–water partition coefficient (Wildman–Crippen LogP) is 4.73. The summed E-state index contributed by atoms with van der Waals surface area (Å²) in [5, 5.41) is 3.73. The van der Waals surface area contributed by atoms with Crippen LogP contribution in [0.3, 0.4) is 0 Å². The van der Waals surface area contributed by atoms with Gasteiger partial charge in [0.05, 0.1) is 7.11 Å². The smallest absolute Gasteiger partial charge is 0.123 e. The lowest BCUT2D eigenvalue weighted by Gasteiger charge is -2.37. The lowest BCUT2D eigenvalue weighted by atomic mass is 9.72. The van der Waals surface area contributed by atoms with Crippen LogP contribution in [0.4, 0.5) is 0 Å². The second-order valence-corrected chi connectivity index (χ2v) is 6.96. The molecule has 1 N–H and O–H groups in total. The minimum atomic E-state index is 0.412. The third-order valence-corrected chi connectivity index (χ3v) is 4.83. The van der Waals surface area contributed by atoms with E-state index in [-0.39, 0.29) is 0 Å². The molecule has 0 spiro atoms. The molecule has 3 atom stereocenters. The zero-order chi connectivity index (χ0) is 15.4. The minimum Gasteiger partial charge on any atom is -0.496 e. The topological polar surface area (TPSA) is 21.3 Å². The van der Waals surface area contributed by atoms with E-state index in [4.69, 9.17) is 4.74 Å². The van der Waals surface area contributed by atoms with E-state index in [2.05, 4.69) is 51.2 Å². The fourth-order valence-corrected chi connectivity index (χ4v) is 4.13. The summed E-state index contributed by atoms with van der Waals surface area (Å²) in [6, 6.07) is 6.97. The van der Waals surface area contributed by atoms with Gasteiger partial charge >= 0.3 is 0 Å². The molecule has 0 saturated heterocycles. The summed E-state index contributed by atoms with van der Waals surface area (Å²) in [5.74, 6) is 3.39. The minimum absolute atomic E-state index is 0.412. The molecular weight excluding hydrogens is 258 g/mol. The quantitative estimate of drug-likeness (QED) is 0.846. The maximum absolute atomic E-state index is 5.63. The maximum Gasteiger partial charge on any atom is 0.123 e. The first-order valence-corrected chi connectivity index (χ1v) is 8.43. The van der Waals surface area contributed by atoms with Gasteiger partial charge in [-0.25, -0.2) is 0 Å². The average Bonchev–Trinajstić information content (AvgIpc) is 2.43. The third-order valence-electron chi connectivity index (χ3n) is 4.83. The van der Waals surface area contributed by atoms with Gasteiger partial charge in [-0.05, 0) is 56.6 Å². The van der Waals surface area contributed by atoms with Crippen LogP contribution in [-0.4, -0.2) is 13.7 Å². The van der Waals surface area contributed by atoms with Crippen LogP contribution >= 0.6 is 0 Å². The Balaban J connectivity index is 2.31. The molecule has 2 heteroatoms. The van der Waals surface area contributed by atoms with E-state index in [1.54, 1.807) is 7.11 Å². The van der Waals surface area contributed by atoms with Crippen molar-refractivity contribution in [3.05, 3.63) is 29.3 Å². The molecule has 0 aliphatic heterocycles. The fraction of sp³-hybridized carbons (Fsp3) is 0.684. The van der Waals surface area contributed by atoms with Gasteiger partial charge in [-0.2, -0.15) is 0 Å². The van der Waals surface area contributed by atoms with Crippen LogP contribution in [0, 0.1) is 24.7 Å². The van der Waals surface area contributed by atoms with Crippen molar-refractivity contribution in [2.45, 2.75) is 53.0 Å². The van der Waals surface area contributed by atoms with Crippen LogP contribution in [0.2, 0.25) is 0 Å². The van der Waals surface area contributed by atoms with Crippen LogP contribution in [0.15, 0.2) is 18.2 Å². The second-order valence-electron chi connectivity index (χ2n) is 6.96. The molecule has 1 saturated carbocycles. The van der Waals surface area contributed by atoms with E-state index < -0.39 is 0 Å². The highest BCUT2D eigenvalue weighted by Crippen LogP contribution is 2.42. The lowest BCUT2D eigenvalue weighted by molar-refractivity contribution is 0.175. The van der Waals surface area contributed by atoms with Crippen molar-refractivity contribution in [3.63, 3.8) is 0 Å². The van der Waals surface area contributed by atoms with Gasteiger partial charge in [-0.1, -0.05) is 38.5 Å². The molecular formula is C19H31NO. The third kappa shape index (κ3) is 4.00. The van der Waals surface area contributed by atoms with Crippen LogP contribution in [0.1, 0.15) is 57.2 Å². The molecule has 1 aromatic rings. The number of hydrogen-bond acceptors (Lipinski definition) is 2. The van der Waals surface area contributed by atoms with Gasteiger partial charge in [0.15, 0.2) is 0 Å². The Hall–Kier alpha value is -1.02. The molecule has 3 unspecified atom stereocenters. The van der Waals surface area contributed by atoms with Crippen molar-refractivity contribution in [1.29, 1.82) is 0 Å². The predicted molar refractivity (Wildman–Crippen MR) is 89.8 cm³/mol. The Bertz CT molecular complexity index is 447. The second kappa shape index (κ2) is 7.31. The summed E-state index contributed by atoms with van der Waals surface area (Å²) < 4.78 is 5.63. The Labute approximate surface area is 130 Å². The van der Waals surface area contributed by atoms with Gasteiger partial charge in [0.2, 0.25) is 0 Å². The summed E-state index contributed by atoms with van der Waals surface area (Å²) in [6.07, 6.45) is 4.01. The molecule has 1 aliphatic carbocycles. The molecule has 0 aromatic heterocycles. The molecule has 0 heterocycles. The molecule has 1 aromatic carbocycles. The molecule has 0 bridgehead atoms. The first-order chi connectivity index (χ1) is 10.0. The van der Waals surface area contributed by atoms with E-state index >= 15 is 0 Å². The molecule has 2 nitrogen and oxygen atoms in total. The summed E-state index contributed by atoms with van der Waals surface area (Å²) in [5.41, 5.74) is 2.65. The molecule has 1 aliphatic rings. The first kappa shape index (κ1) is 16.4. The van der Waals surface area contributed by atoms with Crippen molar-refractivity contribution in [2.75, 3.05) is 13.7 Å². The number of ether oxygens (including phenoxy) is 1. The first-order valence-electron chi connectivity index (χ1n) is 8.43. The van der Waals surface area contributed by atoms with E-state index in [0.29, 0.717) is 12.0 Å². The van der Waals surface area contributed by atoms with Crippen molar-refractivity contribution in [1.82, 2.24) is 5.32 Å². The highest BCUT2D eigenvalue weighted by Gasteiger charge is 2.31. The summed E-state index contributed by atoms with van der Waals surface area (Å²) in [4.78, 5) is 0. The van der Waals surface area contributed by atoms with Gasteiger partial charge in [0, 0.05) is 11.6 Å².